The van der Waals surface area contributed by atoms with E-state index in [1.54, 1.807) is 6.07 Å². The summed E-state index contributed by atoms with van der Waals surface area (Å²) in [7, 11) is 2.12. The van der Waals surface area contributed by atoms with Gasteiger partial charge in [-0.15, -0.1) is 0 Å². The Morgan fingerprint density at radius 2 is 1.79 bits per heavy atom. The van der Waals surface area contributed by atoms with Crippen molar-refractivity contribution in [1.82, 2.24) is 14.8 Å². The van der Waals surface area contributed by atoms with E-state index in [-0.39, 0.29) is 16.7 Å². The van der Waals surface area contributed by atoms with Crippen LogP contribution >= 0.6 is 0 Å². The summed E-state index contributed by atoms with van der Waals surface area (Å²) in [5, 5.41) is 3.28. The first-order valence-electron chi connectivity index (χ1n) is 11.4. The predicted molar refractivity (Wildman–Crippen MR) is 123 cm³/mol. The first-order chi connectivity index (χ1) is 16.0. The molecule has 0 bridgehead atoms. The molecule has 4 heterocycles. The standard InChI is InChI=1S/C26H24FN3O3/c1-29-11-8-16(9-12-29)30-14-18(17-4-2-3-5-20(17)30)21-23(26(32)28-25(21)31)22-19(27)7-6-15-10-13-33-24(15)22/h2-7,14,16H,8-13H2,1H3,(H,28,31,32). The number of amides is 2. The molecule has 3 aliphatic rings. The van der Waals surface area contributed by atoms with Crippen molar-refractivity contribution in [3.05, 3.63) is 65.1 Å². The molecule has 1 aromatic heterocycles. The lowest BCUT2D eigenvalue weighted by Gasteiger charge is -2.30. The second kappa shape index (κ2) is 7.56. The lowest BCUT2D eigenvalue weighted by molar-refractivity contribution is -0.122. The topological polar surface area (TPSA) is 63.6 Å². The van der Waals surface area contributed by atoms with Crippen LogP contribution in [0, 0.1) is 5.82 Å². The zero-order chi connectivity index (χ0) is 22.7. The van der Waals surface area contributed by atoms with E-state index in [9.17, 15) is 9.59 Å². The SMILES string of the molecule is CN1CCC(n2cc(C3=C(c4c(F)ccc5c4OCC5)C(=O)NC3=O)c3ccccc32)CC1. The van der Waals surface area contributed by atoms with Gasteiger partial charge in [-0.2, -0.15) is 0 Å². The third-order valence-corrected chi connectivity index (χ3v) is 7.08. The summed E-state index contributed by atoms with van der Waals surface area (Å²) in [4.78, 5) is 28.4. The van der Waals surface area contributed by atoms with Crippen LogP contribution in [-0.4, -0.2) is 48.0 Å². The summed E-state index contributed by atoms with van der Waals surface area (Å²) in [6.07, 6.45) is 4.62. The quantitative estimate of drug-likeness (QED) is 0.627. The molecule has 33 heavy (non-hydrogen) atoms. The van der Waals surface area contributed by atoms with Crippen LogP contribution in [0.3, 0.4) is 0 Å². The molecule has 6 nitrogen and oxygen atoms in total. The average molecular weight is 445 g/mol. The van der Waals surface area contributed by atoms with Crippen LogP contribution in [0.1, 0.15) is 35.6 Å². The average Bonchev–Trinajstić information content (AvgIpc) is 3.50. The molecule has 0 spiro atoms. The molecule has 7 heteroatoms. The zero-order valence-electron chi connectivity index (χ0n) is 18.4. The summed E-state index contributed by atoms with van der Waals surface area (Å²) in [5.74, 6) is -1.29. The number of nitrogens with zero attached hydrogens (tertiary/aromatic N) is 2. The van der Waals surface area contributed by atoms with Crippen LogP contribution in [0.2, 0.25) is 0 Å². The number of rotatable bonds is 3. The van der Waals surface area contributed by atoms with E-state index in [0.717, 1.165) is 42.4 Å². The number of halogens is 1. The highest BCUT2D eigenvalue weighted by Crippen LogP contribution is 2.43. The molecule has 2 aromatic carbocycles. The van der Waals surface area contributed by atoms with E-state index in [1.165, 1.54) is 6.07 Å². The van der Waals surface area contributed by atoms with Crippen molar-refractivity contribution in [2.75, 3.05) is 26.7 Å². The molecule has 1 saturated heterocycles. The normalized spacial score (nSPS) is 19.3. The number of aromatic nitrogens is 1. The zero-order valence-corrected chi connectivity index (χ0v) is 18.4. The lowest BCUT2D eigenvalue weighted by Crippen LogP contribution is -2.31. The van der Waals surface area contributed by atoms with Gasteiger partial charge in [0.05, 0.1) is 23.3 Å². The van der Waals surface area contributed by atoms with Gasteiger partial charge in [-0.3, -0.25) is 14.9 Å². The Balaban J connectivity index is 1.59. The molecular weight excluding hydrogens is 421 g/mol. The van der Waals surface area contributed by atoms with Gasteiger partial charge in [0.25, 0.3) is 11.8 Å². The monoisotopic (exact) mass is 445 g/mol. The molecular formula is C26H24FN3O3. The highest BCUT2D eigenvalue weighted by molar-refractivity contribution is 6.50. The van der Waals surface area contributed by atoms with Crippen molar-refractivity contribution in [3.8, 4) is 5.75 Å². The second-order valence-electron chi connectivity index (χ2n) is 9.04. The summed E-state index contributed by atoms with van der Waals surface area (Å²) in [6, 6.07) is 11.2. The third-order valence-electron chi connectivity index (χ3n) is 7.08. The van der Waals surface area contributed by atoms with Crippen molar-refractivity contribution in [1.29, 1.82) is 0 Å². The van der Waals surface area contributed by atoms with Crippen molar-refractivity contribution in [2.45, 2.75) is 25.3 Å². The molecule has 0 atom stereocenters. The minimum absolute atomic E-state index is 0.0579. The number of piperidine rings is 1. The molecule has 0 saturated carbocycles. The maximum absolute atomic E-state index is 15.1. The third kappa shape index (κ3) is 3.10. The van der Waals surface area contributed by atoms with E-state index < -0.39 is 17.6 Å². The number of imide groups is 1. The predicted octanol–water partition coefficient (Wildman–Crippen LogP) is 3.55. The number of para-hydroxylation sites is 1. The molecule has 168 valence electrons. The maximum atomic E-state index is 15.1. The van der Waals surface area contributed by atoms with Crippen LogP contribution in [0.4, 0.5) is 4.39 Å². The van der Waals surface area contributed by atoms with Gasteiger partial charge in [0, 0.05) is 35.1 Å². The fourth-order valence-corrected chi connectivity index (χ4v) is 5.39. The smallest absolute Gasteiger partial charge is 0.259 e. The summed E-state index contributed by atoms with van der Waals surface area (Å²) in [5.41, 5.74) is 2.86. The van der Waals surface area contributed by atoms with Crippen molar-refractivity contribution < 1.29 is 18.7 Å². The van der Waals surface area contributed by atoms with Gasteiger partial charge >= 0.3 is 0 Å². The Labute approximate surface area is 190 Å². The van der Waals surface area contributed by atoms with Crippen LogP contribution in [0.15, 0.2) is 42.6 Å². The van der Waals surface area contributed by atoms with E-state index in [4.69, 9.17) is 4.74 Å². The molecule has 3 aliphatic heterocycles. The highest BCUT2D eigenvalue weighted by Gasteiger charge is 2.38. The number of fused-ring (bicyclic) bond motifs is 2. The van der Waals surface area contributed by atoms with Gasteiger partial charge in [0.1, 0.15) is 11.6 Å². The highest BCUT2D eigenvalue weighted by atomic mass is 19.1. The summed E-state index contributed by atoms with van der Waals surface area (Å²) < 4.78 is 23.1. The van der Waals surface area contributed by atoms with Crippen LogP contribution in [0.5, 0.6) is 5.75 Å². The first kappa shape index (κ1) is 20.2. The molecule has 0 unspecified atom stereocenters. The maximum Gasteiger partial charge on any atom is 0.259 e. The van der Waals surface area contributed by atoms with Crippen LogP contribution in [-0.2, 0) is 16.0 Å². The number of benzene rings is 2. The second-order valence-corrected chi connectivity index (χ2v) is 9.04. The number of hydrogen-bond acceptors (Lipinski definition) is 4. The Morgan fingerprint density at radius 1 is 1.03 bits per heavy atom. The molecule has 1 fully saturated rings. The number of hydrogen-bond donors (Lipinski definition) is 1. The van der Waals surface area contributed by atoms with Crippen molar-refractivity contribution in [2.24, 2.45) is 0 Å². The van der Waals surface area contributed by atoms with Gasteiger partial charge in [-0.25, -0.2) is 4.39 Å². The molecule has 3 aromatic rings. The fourth-order valence-electron chi connectivity index (χ4n) is 5.39. The van der Waals surface area contributed by atoms with Gasteiger partial charge in [-0.1, -0.05) is 24.3 Å². The minimum atomic E-state index is -0.589. The number of likely N-dealkylation sites (tertiary alicyclic amines) is 1. The van der Waals surface area contributed by atoms with Crippen molar-refractivity contribution in [3.63, 3.8) is 0 Å². The number of ether oxygens (including phenoxy) is 1. The molecule has 2 amide bonds. The summed E-state index contributed by atoms with van der Waals surface area (Å²) >= 11 is 0. The lowest BCUT2D eigenvalue weighted by atomic mass is 9.93. The van der Waals surface area contributed by atoms with Crippen LogP contribution in [0.25, 0.3) is 22.0 Å². The van der Waals surface area contributed by atoms with Gasteiger partial charge in [0.15, 0.2) is 0 Å². The van der Waals surface area contributed by atoms with Crippen LogP contribution < -0.4 is 10.1 Å². The number of nitrogens with one attached hydrogen (secondary N) is 1. The largest absolute Gasteiger partial charge is 0.492 e. The van der Waals surface area contributed by atoms with Crippen molar-refractivity contribution >= 4 is 33.9 Å². The Morgan fingerprint density at radius 3 is 2.61 bits per heavy atom. The van der Waals surface area contributed by atoms with E-state index in [1.807, 2.05) is 30.5 Å². The Kier molecular flexibility index (Phi) is 4.62. The Hall–Kier alpha value is -3.45. The molecule has 0 aliphatic carbocycles. The van der Waals surface area contributed by atoms with Gasteiger partial charge < -0.3 is 14.2 Å². The summed E-state index contributed by atoms with van der Waals surface area (Å²) in [6.45, 7) is 2.43. The molecule has 0 radical (unpaired) electrons. The van der Waals surface area contributed by atoms with Gasteiger partial charge in [0.2, 0.25) is 0 Å². The number of carbonyl (C=O) groups is 2. The van der Waals surface area contributed by atoms with Gasteiger partial charge in [-0.05, 0) is 50.7 Å². The number of carbonyl (C=O) groups excluding carboxylic acids is 2. The minimum Gasteiger partial charge on any atom is -0.492 e. The molecule has 6 rings (SSSR count). The molecule has 1 N–H and O–H groups in total. The van der Waals surface area contributed by atoms with E-state index in [0.29, 0.717) is 30.4 Å². The van der Waals surface area contributed by atoms with E-state index >= 15 is 4.39 Å². The first-order valence-corrected chi connectivity index (χ1v) is 11.4. The Bertz CT molecular complexity index is 1350. The fraction of sp³-hybridized carbons (Fsp3) is 0.308. The van der Waals surface area contributed by atoms with E-state index in [2.05, 4.69) is 21.8 Å².